The SMILES string of the molecule is O=C(N[C@H](C=C1CCN(c2ccccc2CN2CCCCC2=O)CC1)Cc1ccc(Cl)cc1)c1cc(=O)c2cccc(Cl)c2o1. The number of para-hydroxylation sites is 2. The van der Waals surface area contributed by atoms with Crippen molar-refractivity contribution < 1.29 is 14.0 Å². The Morgan fingerprint density at radius 1 is 0.911 bits per heavy atom. The highest BCUT2D eigenvalue weighted by molar-refractivity contribution is 6.34. The molecule has 2 aliphatic heterocycles. The second kappa shape index (κ2) is 13.9. The molecule has 4 aromatic rings. The number of hydrogen-bond donors (Lipinski definition) is 1. The van der Waals surface area contributed by atoms with Crippen molar-refractivity contribution in [3.05, 3.63) is 122 Å². The highest BCUT2D eigenvalue weighted by atomic mass is 35.5. The molecule has 3 heterocycles. The predicted octanol–water partition coefficient (Wildman–Crippen LogP) is 7.18. The molecular formula is C36H35Cl2N3O4. The van der Waals surface area contributed by atoms with E-state index in [2.05, 4.69) is 34.5 Å². The maximum atomic E-state index is 13.4. The fraction of sp³-hybridized carbons (Fsp3) is 0.306. The molecule has 2 aliphatic rings. The van der Waals surface area contributed by atoms with Gasteiger partial charge in [0, 0.05) is 49.4 Å². The summed E-state index contributed by atoms with van der Waals surface area (Å²) in [5.41, 5.74) is 4.48. The molecule has 0 bridgehead atoms. The van der Waals surface area contributed by atoms with E-state index in [1.165, 1.54) is 22.9 Å². The zero-order chi connectivity index (χ0) is 31.3. The van der Waals surface area contributed by atoms with E-state index in [0.717, 1.165) is 50.9 Å². The van der Waals surface area contributed by atoms with Crippen LogP contribution in [0.15, 0.2) is 93.7 Å². The van der Waals surface area contributed by atoms with Crippen LogP contribution in [0.4, 0.5) is 5.69 Å². The van der Waals surface area contributed by atoms with Crippen molar-refractivity contribution in [1.82, 2.24) is 10.2 Å². The Bertz CT molecular complexity index is 1790. The molecule has 1 aromatic heterocycles. The fourth-order valence-corrected chi connectivity index (χ4v) is 6.53. The Balaban J connectivity index is 1.19. The number of piperidine rings is 2. The first-order valence-corrected chi connectivity index (χ1v) is 16.2. The average Bonchev–Trinajstić information content (AvgIpc) is 3.04. The molecule has 45 heavy (non-hydrogen) atoms. The number of anilines is 1. The van der Waals surface area contributed by atoms with Gasteiger partial charge >= 0.3 is 0 Å². The Kier molecular flexibility index (Phi) is 9.57. The summed E-state index contributed by atoms with van der Waals surface area (Å²) in [6.07, 6.45) is 7.02. The van der Waals surface area contributed by atoms with E-state index < -0.39 is 5.91 Å². The lowest BCUT2D eigenvalue weighted by Gasteiger charge is -2.34. The molecule has 2 fully saturated rings. The molecular weight excluding hydrogens is 609 g/mol. The molecule has 0 radical (unpaired) electrons. The number of likely N-dealkylation sites (tertiary alicyclic amines) is 1. The average molecular weight is 645 g/mol. The van der Waals surface area contributed by atoms with Crippen LogP contribution in [0.25, 0.3) is 11.0 Å². The van der Waals surface area contributed by atoms with Crippen molar-refractivity contribution >= 4 is 51.7 Å². The lowest BCUT2D eigenvalue weighted by Crippen LogP contribution is -2.37. The number of carbonyl (C=O) groups is 2. The summed E-state index contributed by atoms with van der Waals surface area (Å²) in [4.78, 5) is 43.0. The van der Waals surface area contributed by atoms with Crippen molar-refractivity contribution in [3.63, 3.8) is 0 Å². The van der Waals surface area contributed by atoms with Gasteiger partial charge in [0.2, 0.25) is 5.91 Å². The van der Waals surface area contributed by atoms with Gasteiger partial charge in [-0.25, -0.2) is 0 Å². The minimum Gasteiger partial charge on any atom is -0.449 e. The summed E-state index contributed by atoms with van der Waals surface area (Å²) in [6.45, 7) is 3.11. The number of hydrogen-bond acceptors (Lipinski definition) is 5. The summed E-state index contributed by atoms with van der Waals surface area (Å²) in [6, 6.07) is 21.7. The van der Waals surface area contributed by atoms with Crippen molar-refractivity contribution in [2.24, 2.45) is 0 Å². The molecule has 1 N–H and O–H groups in total. The van der Waals surface area contributed by atoms with Crippen molar-refractivity contribution in [2.75, 3.05) is 24.5 Å². The van der Waals surface area contributed by atoms with Crippen LogP contribution in [-0.2, 0) is 17.8 Å². The van der Waals surface area contributed by atoms with E-state index in [1.807, 2.05) is 35.2 Å². The summed E-state index contributed by atoms with van der Waals surface area (Å²) in [5.74, 6) is -0.332. The Morgan fingerprint density at radius 3 is 2.47 bits per heavy atom. The molecule has 0 spiro atoms. The molecule has 2 saturated heterocycles. The smallest absolute Gasteiger partial charge is 0.287 e. The lowest BCUT2D eigenvalue weighted by atomic mass is 9.97. The van der Waals surface area contributed by atoms with Crippen LogP contribution in [0, 0.1) is 0 Å². The third-order valence-electron chi connectivity index (χ3n) is 8.57. The Morgan fingerprint density at radius 2 is 1.69 bits per heavy atom. The summed E-state index contributed by atoms with van der Waals surface area (Å²) in [7, 11) is 0. The highest BCUT2D eigenvalue weighted by Gasteiger charge is 2.23. The zero-order valence-corrected chi connectivity index (χ0v) is 26.4. The number of nitrogens with zero attached hydrogens (tertiary/aromatic N) is 2. The van der Waals surface area contributed by atoms with Crippen LogP contribution in [0.5, 0.6) is 0 Å². The van der Waals surface area contributed by atoms with E-state index in [0.29, 0.717) is 29.8 Å². The second-order valence-electron chi connectivity index (χ2n) is 11.7. The number of carbonyl (C=O) groups excluding carboxylic acids is 2. The maximum Gasteiger partial charge on any atom is 0.287 e. The van der Waals surface area contributed by atoms with Crippen molar-refractivity contribution in [2.45, 2.75) is 51.1 Å². The third-order valence-corrected chi connectivity index (χ3v) is 9.12. The van der Waals surface area contributed by atoms with E-state index in [-0.39, 0.29) is 33.7 Å². The molecule has 9 heteroatoms. The molecule has 3 aromatic carbocycles. The van der Waals surface area contributed by atoms with E-state index >= 15 is 0 Å². The van der Waals surface area contributed by atoms with Gasteiger partial charge in [-0.1, -0.05) is 71.2 Å². The minimum absolute atomic E-state index is 0.0845. The molecule has 0 aliphatic carbocycles. The first-order valence-electron chi connectivity index (χ1n) is 15.4. The molecule has 232 valence electrons. The topological polar surface area (TPSA) is 82.9 Å². The van der Waals surface area contributed by atoms with Gasteiger partial charge in [0.1, 0.15) is 0 Å². The van der Waals surface area contributed by atoms with Gasteiger partial charge in [0.05, 0.1) is 16.5 Å². The van der Waals surface area contributed by atoms with Gasteiger partial charge in [-0.05, 0) is 73.6 Å². The number of rotatable bonds is 8. The van der Waals surface area contributed by atoms with Gasteiger partial charge in [0.15, 0.2) is 16.8 Å². The summed E-state index contributed by atoms with van der Waals surface area (Å²) < 4.78 is 5.81. The molecule has 1 atom stereocenters. The van der Waals surface area contributed by atoms with E-state index in [1.54, 1.807) is 18.2 Å². The third kappa shape index (κ3) is 7.43. The first kappa shape index (κ1) is 30.9. The first-order chi connectivity index (χ1) is 21.8. The van der Waals surface area contributed by atoms with Crippen LogP contribution in [0.1, 0.15) is 53.8 Å². The van der Waals surface area contributed by atoms with E-state index in [9.17, 15) is 14.4 Å². The minimum atomic E-state index is -0.483. The molecule has 7 nitrogen and oxygen atoms in total. The van der Waals surface area contributed by atoms with Gasteiger partial charge in [-0.3, -0.25) is 14.4 Å². The Hall–Kier alpha value is -4.07. The van der Waals surface area contributed by atoms with Gasteiger partial charge in [-0.15, -0.1) is 0 Å². The van der Waals surface area contributed by atoms with Crippen LogP contribution in [0.3, 0.4) is 0 Å². The number of benzene rings is 3. The lowest BCUT2D eigenvalue weighted by molar-refractivity contribution is -0.133. The number of amides is 2. The zero-order valence-electron chi connectivity index (χ0n) is 24.9. The van der Waals surface area contributed by atoms with Gasteiger partial charge in [0.25, 0.3) is 5.91 Å². The Labute approximate surface area is 272 Å². The summed E-state index contributed by atoms with van der Waals surface area (Å²) >= 11 is 12.4. The second-order valence-corrected chi connectivity index (χ2v) is 12.6. The normalized spacial score (nSPS) is 16.1. The highest BCUT2D eigenvalue weighted by Crippen LogP contribution is 2.29. The molecule has 2 amide bonds. The van der Waals surface area contributed by atoms with Crippen LogP contribution < -0.4 is 15.6 Å². The fourth-order valence-electron chi connectivity index (χ4n) is 6.19. The maximum absolute atomic E-state index is 13.4. The molecule has 6 rings (SSSR count). The monoisotopic (exact) mass is 643 g/mol. The molecule has 0 saturated carbocycles. The van der Waals surface area contributed by atoms with Crippen molar-refractivity contribution in [3.8, 4) is 0 Å². The predicted molar refractivity (Wildman–Crippen MR) is 179 cm³/mol. The number of nitrogens with one attached hydrogen (secondary N) is 1. The number of halogens is 2. The van der Waals surface area contributed by atoms with Crippen LogP contribution in [-0.4, -0.2) is 42.4 Å². The van der Waals surface area contributed by atoms with Crippen LogP contribution in [0.2, 0.25) is 10.0 Å². The van der Waals surface area contributed by atoms with Gasteiger partial charge in [-0.2, -0.15) is 0 Å². The summed E-state index contributed by atoms with van der Waals surface area (Å²) in [5, 5.41) is 4.33. The van der Waals surface area contributed by atoms with Crippen LogP contribution >= 0.6 is 23.2 Å². The standard InChI is InChI=1S/C36H35Cl2N3O4/c37-27-13-11-24(12-14-27)20-28(39-36(44)33-22-32(42)29-7-5-8-30(38)35(29)45-33)21-25-15-18-40(19-16-25)31-9-2-1-6-26(31)23-41-17-4-3-10-34(41)43/h1-2,5-9,11-14,21-22,28H,3-4,10,15-20,23H2,(H,39,44)/t28-/m0/s1. The molecule has 0 unspecified atom stereocenters. The number of fused-ring (bicyclic) bond motifs is 1. The van der Waals surface area contributed by atoms with E-state index in [4.69, 9.17) is 27.6 Å². The van der Waals surface area contributed by atoms with Crippen molar-refractivity contribution in [1.29, 1.82) is 0 Å². The quantitative estimate of drug-likeness (QED) is 0.206. The largest absolute Gasteiger partial charge is 0.449 e. The van der Waals surface area contributed by atoms with Gasteiger partial charge < -0.3 is 19.5 Å².